The number of carbonyl (C=O) groups excluding carboxylic acids is 2. The molecule has 3 aliphatic heterocycles. The van der Waals surface area contributed by atoms with Crippen LogP contribution in [-0.2, 0) is 16.0 Å². The van der Waals surface area contributed by atoms with Gasteiger partial charge in [0.25, 0.3) is 0 Å². The van der Waals surface area contributed by atoms with E-state index in [1.807, 2.05) is 23.1 Å². The minimum Gasteiger partial charge on any atom is -0.497 e. The monoisotopic (exact) mass is 427 g/mol. The Labute approximate surface area is 186 Å². The van der Waals surface area contributed by atoms with Gasteiger partial charge in [-0.2, -0.15) is 0 Å². The van der Waals surface area contributed by atoms with Gasteiger partial charge in [0.15, 0.2) is 0 Å². The molecule has 6 nitrogen and oxygen atoms in total. The van der Waals surface area contributed by atoms with Crippen molar-refractivity contribution in [2.24, 2.45) is 11.8 Å². The number of hydrogen-bond acceptors (Lipinski definition) is 4. The number of nitrogens with zero attached hydrogens (tertiary/aromatic N) is 2. The van der Waals surface area contributed by atoms with Gasteiger partial charge in [0.2, 0.25) is 11.8 Å². The fraction of sp³-hybridized carbons (Fsp3) is 0.680. The second-order valence-corrected chi connectivity index (χ2v) is 9.51. The van der Waals surface area contributed by atoms with Crippen LogP contribution >= 0.6 is 0 Å². The van der Waals surface area contributed by atoms with Crippen LogP contribution in [0.4, 0.5) is 0 Å². The maximum Gasteiger partial charge on any atom is 0.222 e. The Kier molecular flexibility index (Phi) is 7.49. The predicted molar refractivity (Wildman–Crippen MR) is 121 cm³/mol. The lowest BCUT2D eigenvalue weighted by Gasteiger charge is -2.46. The third-order valence-electron chi connectivity index (χ3n) is 7.29. The van der Waals surface area contributed by atoms with E-state index in [0.29, 0.717) is 36.6 Å². The van der Waals surface area contributed by atoms with Crippen LogP contribution in [0.3, 0.4) is 0 Å². The SMILES string of the molecule is COc1cccc(CCC(=O)N2CC3CNC(CCCC(=O)N4CCCC4)C(C3)C2)c1. The molecule has 3 unspecified atom stereocenters. The highest BCUT2D eigenvalue weighted by Gasteiger charge is 2.37. The number of amides is 2. The molecule has 3 heterocycles. The van der Waals surface area contributed by atoms with E-state index in [1.165, 1.54) is 6.42 Å². The van der Waals surface area contributed by atoms with Crippen molar-refractivity contribution in [3.63, 3.8) is 0 Å². The first-order valence-corrected chi connectivity index (χ1v) is 12.0. The summed E-state index contributed by atoms with van der Waals surface area (Å²) in [6, 6.07) is 8.42. The molecule has 31 heavy (non-hydrogen) atoms. The Morgan fingerprint density at radius 2 is 1.90 bits per heavy atom. The zero-order valence-electron chi connectivity index (χ0n) is 18.9. The topological polar surface area (TPSA) is 61.9 Å². The zero-order chi connectivity index (χ0) is 21.6. The standard InChI is InChI=1S/C25H37N3O3/c1-31-22-7-4-6-19(15-22)10-11-25(30)28-17-20-14-21(18-28)23(26-16-20)8-5-9-24(29)27-12-2-3-13-27/h4,6-7,15,20-21,23,26H,2-3,5,8-14,16-18H2,1H3. The summed E-state index contributed by atoms with van der Waals surface area (Å²) in [6.07, 6.45) is 7.45. The number of rotatable bonds is 8. The van der Waals surface area contributed by atoms with Gasteiger partial charge >= 0.3 is 0 Å². The molecule has 170 valence electrons. The van der Waals surface area contributed by atoms with Crippen LogP contribution in [0.1, 0.15) is 50.5 Å². The summed E-state index contributed by atoms with van der Waals surface area (Å²) in [5, 5.41) is 3.72. The summed E-state index contributed by atoms with van der Waals surface area (Å²) >= 11 is 0. The minimum atomic E-state index is 0.266. The van der Waals surface area contributed by atoms with Crippen LogP contribution in [0.5, 0.6) is 5.75 Å². The maximum absolute atomic E-state index is 12.9. The Morgan fingerprint density at radius 3 is 2.71 bits per heavy atom. The number of likely N-dealkylation sites (tertiary alicyclic amines) is 2. The Bertz CT molecular complexity index is 762. The van der Waals surface area contributed by atoms with Gasteiger partial charge in [-0.25, -0.2) is 0 Å². The molecule has 4 rings (SSSR count). The van der Waals surface area contributed by atoms with Crippen molar-refractivity contribution in [3.8, 4) is 5.75 Å². The van der Waals surface area contributed by atoms with Crippen molar-refractivity contribution in [1.29, 1.82) is 0 Å². The molecule has 1 aromatic rings. The first-order valence-electron chi connectivity index (χ1n) is 12.0. The number of aryl methyl sites for hydroxylation is 1. The van der Waals surface area contributed by atoms with Crippen LogP contribution in [0.2, 0.25) is 0 Å². The number of nitrogens with one attached hydrogen (secondary N) is 1. The van der Waals surface area contributed by atoms with Crippen molar-refractivity contribution in [3.05, 3.63) is 29.8 Å². The van der Waals surface area contributed by atoms with E-state index in [4.69, 9.17) is 4.74 Å². The lowest BCUT2D eigenvalue weighted by Crippen LogP contribution is -2.57. The summed E-state index contributed by atoms with van der Waals surface area (Å²) in [5.74, 6) is 2.50. The van der Waals surface area contributed by atoms with Crippen LogP contribution < -0.4 is 10.1 Å². The molecule has 1 N–H and O–H groups in total. The molecular weight excluding hydrogens is 390 g/mol. The highest BCUT2D eigenvalue weighted by atomic mass is 16.5. The number of benzene rings is 1. The van der Waals surface area contributed by atoms with Gasteiger partial charge in [-0.15, -0.1) is 0 Å². The largest absolute Gasteiger partial charge is 0.497 e. The summed E-state index contributed by atoms with van der Waals surface area (Å²) in [5.41, 5.74) is 1.15. The van der Waals surface area contributed by atoms with E-state index in [9.17, 15) is 9.59 Å². The van der Waals surface area contributed by atoms with Gasteiger partial charge in [0.1, 0.15) is 5.75 Å². The van der Waals surface area contributed by atoms with E-state index in [1.54, 1.807) is 7.11 Å². The quantitative estimate of drug-likeness (QED) is 0.693. The molecule has 3 fully saturated rings. The molecule has 1 aromatic carbocycles. The second-order valence-electron chi connectivity index (χ2n) is 9.51. The molecule has 0 spiro atoms. The highest BCUT2D eigenvalue weighted by molar-refractivity contribution is 5.77. The molecule has 6 heteroatoms. The minimum absolute atomic E-state index is 0.266. The van der Waals surface area contributed by atoms with Gasteiger partial charge < -0.3 is 19.9 Å². The van der Waals surface area contributed by atoms with Gasteiger partial charge in [-0.05, 0) is 74.6 Å². The van der Waals surface area contributed by atoms with Crippen LogP contribution in [0.15, 0.2) is 24.3 Å². The summed E-state index contributed by atoms with van der Waals surface area (Å²) in [7, 11) is 1.67. The lowest BCUT2D eigenvalue weighted by atomic mass is 9.79. The average molecular weight is 428 g/mol. The number of piperidine rings is 2. The van der Waals surface area contributed by atoms with Crippen LogP contribution in [0, 0.1) is 11.8 Å². The predicted octanol–water partition coefficient (Wildman–Crippen LogP) is 2.86. The molecule has 3 saturated heterocycles. The van der Waals surface area contributed by atoms with Crippen molar-refractivity contribution in [2.45, 2.75) is 57.4 Å². The highest BCUT2D eigenvalue weighted by Crippen LogP contribution is 2.31. The van der Waals surface area contributed by atoms with E-state index >= 15 is 0 Å². The first-order chi connectivity index (χ1) is 15.1. The second kappa shape index (κ2) is 10.5. The smallest absolute Gasteiger partial charge is 0.222 e. The maximum atomic E-state index is 12.9. The third kappa shape index (κ3) is 5.79. The summed E-state index contributed by atoms with van der Waals surface area (Å²) in [4.78, 5) is 29.4. The lowest BCUT2D eigenvalue weighted by molar-refractivity contribution is -0.135. The fourth-order valence-electron chi connectivity index (χ4n) is 5.55. The van der Waals surface area contributed by atoms with Crippen molar-refractivity contribution in [1.82, 2.24) is 15.1 Å². The van der Waals surface area contributed by atoms with E-state index in [-0.39, 0.29) is 5.91 Å². The summed E-state index contributed by atoms with van der Waals surface area (Å²) in [6.45, 7) is 4.60. The van der Waals surface area contributed by atoms with E-state index < -0.39 is 0 Å². The Hall–Kier alpha value is -2.08. The van der Waals surface area contributed by atoms with Crippen molar-refractivity contribution < 1.29 is 14.3 Å². The number of carbonyl (C=O) groups is 2. The van der Waals surface area contributed by atoms with Gasteiger partial charge in [0.05, 0.1) is 7.11 Å². The molecule has 0 aromatic heterocycles. The number of fused-ring (bicyclic) bond motifs is 2. The molecule has 2 amide bonds. The molecule has 3 atom stereocenters. The summed E-state index contributed by atoms with van der Waals surface area (Å²) < 4.78 is 5.29. The average Bonchev–Trinajstić information content (AvgIpc) is 3.34. The zero-order valence-corrected chi connectivity index (χ0v) is 18.9. The molecule has 0 saturated carbocycles. The number of methoxy groups -OCH3 is 1. The fourth-order valence-corrected chi connectivity index (χ4v) is 5.55. The van der Waals surface area contributed by atoms with Crippen molar-refractivity contribution >= 4 is 11.8 Å². The Morgan fingerprint density at radius 1 is 1.10 bits per heavy atom. The van der Waals surface area contributed by atoms with E-state index in [2.05, 4.69) is 16.3 Å². The van der Waals surface area contributed by atoms with Gasteiger partial charge in [0, 0.05) is 45.1 Å². The van der Waals surface area contributed by atoms with Crippen LogP contribution in [-0.4, -0.2) is 67.5 Å². The molecule has 3 aliphatic rings. The molecule has 2 bridgehead atoms. The molecule has 0 aliphatic carbocycles. The Balaban J connectivity index is 1.24. The first kappa shape index (κ1) is 22.1. The van der Waals surface area contributed by atoms with Gasteiger partial charge in [-0.3, -0.25) is 9.59 Å². The molecule has 0 radical (unpaired) electrons. The normalized spacial score (nSPS) is 25.5. The third-order valence-corrected chi connectivity index (χ3v) is 7.29. The van der Waals surface area contributed by atoms with E-state index in [0.717, 1.165) is 76.1 Å². The molecular formula is C25H37N3O3. The number of ether oxygens (including phenoxy) is 1. The van der Waals surface area contributed by atoms with Crippen molar-refractivity contribution in [2.75, 3.05) is 39.8 Å². The van der Waals surface area contributed by atoms with Crippen LogP contribution in [0.25, 0.3) is 0 Å². The van der Waals surface area contributed by atoms with Gasteiger partial charge in [-0.1, -0.05) is 12.1 Å². The number of hydrogen-bond donors (Lipinski definition) is 1.